The summed E-state index contributed by atoms with van der Waals surface area (Å²) in [4.78, 5) is 27.3. The van der Waals surface area contributed by atoms with Crippen molar-refractivity contribution < 1.29 is 14.0 Å². The highest BCUT2D eigenvalue weighted by molar-refractivity contribution is 7.80. The molecule has 2 aliphatic heterocycles. The normalized spacial score (nSPS) is 21.4. The Morgan fingerprint density at radius 3 is 2.71 bits per heavy atom. The maximum Gasteiger partial charge on any atom is 0.265 e. The van der Waals surface area contributed by atoms with Crippen molar-refractivity contribution in [2.75, 3.05) is 25.0 Å². The summed E-state index contributed by atoms with van der Waals surface area (Å²) < 4.78 is 5.70. The molecule has 2 saturated heterocycles. The molecule has 1 N–H and O–H groups in total. The first-order chi connectivity index (χ1) is 10.1. The van der Waals surface area contributed by atoms with E-state index < -0.39 is 11.8 Å². The maximum absolute atomic E-state index is 12.1. The van der Waals surface area contributed by atoms with Crippen LogP contribution in [0.15, 0.2) is 22.1 Å². The van der Waals surface area contributed by atoms with E-state index in [1.165, 1.54) is 18.0 Å². The van der Waals surface area contributed by atoms with Gasteiger partial charge in [0.1, 0.15) is 11.3 Å². The Hall–Kier alpha value is -2.15. The molecule has 0 radical (unpaired) electrons. The van der Waals surface area contributed by atoms with Crippen LogP contribution in [0.1, 0.15) is 18.6 Å². The predicted molar refractivity (Wildman–Crippen MR) is 81.6 cm³/mol. The van der Waals surface area contributed by atoms with Crippen LogP contribution in [-0.2, 0) is 9.59 Å². The van der Waals surface area contributed by atoms with Gasteiger partial charge in [-0.1, -0.05) is 0 Å². The summed E-state index contributed by atoms with van der Waals surface area (Å²) in [6.45, 7) is 1.94. The molecule has 0 aliphatic carbocycles. The third-order valence-electron chi connectivity index (χ3n) is 3.62. The fraction of sp³-hybridized carbons (Fsp3) is 0.357. The number of rotatable bonds is 2. The fourth-order valence-corrected chi connectivity index (χ4v) is 2.59. The van der Waals surface area contributed by atoms with Crippen molar-refractivity contribution in [3.63, 3.8) is 0 Å². The van der Waals surface area contributed by atoms with Crippen molar-refractivity contribution >= 4 is 41.1 Å². The molecule has 110 valence electrons. The lowest BCUT2D eigenvalue weighted by atomic mass is 10.1. The topological polar surface area (TPSA) is 65.8 Å². The molecule has 0 spiro atoms. The molecule has 3 rings (SSSR count). The Morgan fingerprint density at radius 2 is 2.00 bits per heavy atom. The minimum Gasteiger partial charge on any atom is -0.441 e. The van der Waals surface area contributed by atoms with Crippen LogP contribution in [0, 0.1) is 0 Å². The van der Waals surface area contributed by atoms with Gasteiger partial charge in [-0.15, -0.1) is 0 Å². The van der Waals surface area contributed by atoms with Crippen LogP contribution in [0.25, 0.3) is 6.08 Å². The third-order valence-corrected chi connectivity index (χ3v) is 4.00. The van der Waals surface area contributed by atoms with Crippen LogP contribution in [0.3, 0.4) is 0 Å². The minimum atomic E-state index is -0.498. The zero-order valence-electron chi connectivity index (χ0n) is 11.6. The smallest absolute Gasteiger partial charge is 0.265 e. The van der Waals surface area contributed by atoms with Gasteiger partial charge in [0.2, 0.25) is 0 Å². The van der Waals surface area contributed by atoms with Gasteiger partial charge < -0.3 is 9.32 Å². The first-order valence-corrected chi connectivity index (χ1v) is 7.17. The van der Waals surface area contributed by atoms with Crippen LogP contribution in [-0.4, -0.2) is 42.0 Å². The summed E-state index contributed by atoms with van der Waals surface area (Å²) in [5.74, 6) is 0.327. The second-order valence-corrected chi connectivity index (χ2v) is 5.44. The number of likely N-dealkylation sites (N-methyl/N-ethyl adjacent to an activating group) is 1. The highest BCUT2D eigenvalue weighted by atomic mass is 32.1. The van der Waals surface area contributed by atoms with E-state index in [2.05, 4.69) is 10.2 Å². The molecular formula is C14H15N3O3S. The molecule has 7 heteroatoms. The van der Waals surface area contributed by atoms with E-state index in [9.17, 15) is 9.59 Å². The number of nitrogens with one attached hydrogen (secondary N) is 1. The molecule has 0 atom stereocenters. The van der Waals surface area contributed by atoms with Crippen molar-refractivity contribution in [1.82, 2.24) is 10.2 Å². The fourth-order valence-electron chi connectivity index (χ4n) is 2.42. The van der Waals surface area contributed by atoms with Gasteiger partial charge in [-0.2, -0.15) is 0 Å². The number of furan rings is 1. The Morgan fingerprint density at radius 1 is 1.29 bits per heavy atom. The van der Waals surface area contributed by atoms with Gasteiger partial charge in [0.15, 0.2) is 11.0 Å². The molecule has 0 saturated carbocycles. The highest BCUT2D eigenvalue weighted by Crippen LogP contribution is 2.24. The second kappa shape index (κ2) is 5.33. The van der Waals surface area contributed by atoms with Gasteiger partial charge in [0.05, 0.1) is 0 Å². The van der Waals surface area contributed by atoms with Crippen LogP contribution in [0.2, 0.25) is 0 Å². The zero-order valence-corrected chi connectivity index (χ0v) is 12.4. The number of carbonyl (C=O) groups excluding carboxylic acids is 2. The number of hydrogen-bond donors (Lipinski definition) is 1. The summed E-state index contributed by atoms with van der Waals surface area (Å²) in [6, 6.07) is 3.62. The van der Waals surface area contributed by atoms with E-state index in [1.807, 2.05) is 6.07 Å². The molecule has 1 aromatic rings. The van der Waals surface area contributed by atoms with Gasteiger partial charge in [-0.3, -0.25) is 19.8 Å². The van der Waals surface area contributed by atoms with E-state index in [4.69, 9.17) is 16.6 Å². The van der Waals surface area contributed by atoms with Crippen LogP contribution in [0.4, 0.5) is 5.88 Å². The molecule has 0 bridgehead atoms. The van der Waals surface area contributed by atoms with Crippen molar-refractivity contribution in [3.8, 4) is 0 Å². The SMILES string of the molecule is CN1C(=O)/C(=C/c2ccc(N3CCCC3)o2)C(=O)NC1=S. The van der Waals surface area contributed by atoms with E-state index >= 15 is 0 Å². The standard InChI is InChI=1S/C14H15N3O3S/c1-16-13(19)10(12(18)15-14(16)21)8-9-4-5-11(20-9)17-6-2-3-7-17/h4-5,8H,2-3,6-7H2,1H3,(H,15,18,21)/b10-8+. The van der Waals surface area contributed by atoms with Gasteiger partial charge in [-0.25, -0.2) is 0 Å². The molecule has 3 heterocycles. The Bertz CT molecular complexity index is 644. The summed E-state index contributed by atoms with van der Waals surface area (Å²) >= 11 is 4.89. The number of anilines is 1. The van der Waals surface area contributed by atoms with E-state index in [0.717, 1.165) is 31.8 Å². The molecule has 0 aromatic carbocycles. The number of nitrogens with zero attached hydrogens (tertiary/aromatic N) is 2. The van der Waals surface area contributed by atoms with Crippen LogP contribution < -0.4 is 10.2 Å². The van der Waals surface area contributed by atoms with E-state index in [-0.39, 0.29) is 10.7 Å². The summed E-state index contributed by atoms with van der Waals surface area (Å²) in [6.07, 6.45) is 3.76. The quantitative estimate of drug-likeness (QED) is 0.504. The summed E-state index contributed by atoms with van der Waals surface area (Å²) in [5, 5.41) is 2.58. The van der Waals surface area contributed by atoms with Crippen molar-refractivity contribution in [3.05, 3.63) is 23.5 Å². The first kappa shape index (κ1) is 13.8. The molecule has 2 aliphatic rings. The average molecular weight is 305 g/mol. The largest absolute Gasteiger partial charge is 0.441 e. The van der Waals surface area contributed by atoms with Crippen LogP contribution >= 0.6 is 12.2 Å². The lowest BCUT2D eigenvalue weighted by Gasteiger charge is -2.24. The van der Waals surface area contributed by atoms with Crippen molar-refractivity contribution in [2.45, 2.75) is 12.8 Å². The predicted octanol–water partition coefficient (Wildman–Crippen LogP) is 1.14. The van der Waals surface area contributed by atoms with Crippen LogP contribution in [0.5, 0.6) is 0 Å². The minimum absolute atomic E-state index is 0.0217. The first-order valence-electron chi connectivity index (χ1n) is 6.76. The molecule has 2 fully saturated rings. The van der Waals surface area contributed by atoms with Gasteiger partial charge >= 0.3 is 0 Å². The lowest BCUT2D eigenvalue weighted by molar-refractivity contribution is -0.128. The molecule has 0 unspecified atom stereocenters. The second-order valence-electron chi connectivity index (χ2n) is 5.05. The van der Waals surface area contributed by atoms with Crippen molar-refractivity contribution in [1.29, 1.82) is 0 Å². The Balaban J connectivity index is 1.85. The average Bonchev–Trinajstić information content (AvgIpc) is 3.11. The van der Waals surface area contributed by atoms with Gasteiger partial charge in [0.25, 0.3) is 11.8 Å². The molecule has 2 amide bonds. The van der Waals surface area contributed by atoms with E-state index in [1.54, 1.807) is 6.07 Å². The third kappa shape index (κ3) is 2.56. The Kier molecular flexibility index (Phi) is 3.50. The summed E-state index contributed by atoms with van der Waals surface area (Å²) in [7, 11) is 1.52. The summed E-state index contributed by atoms with van der Waals surface area (Å²) in [5.41, 5.74) is 0.0217. The van der Waals surface area contributed by atoms with Gasteiger partial charge in [0, 0.05) is 26.2 Å². The van der Waals surface area contributed by atoms with Crippen molar-refractivity contribution in [2.24, 2.45) is 0 Å². The maximum atomic E-state index is 12.1. The molecular weight excluding hydrogens is 290 g/mol. The number of amides is 2. The van der Waals surface area contributed by atoms with E-state index in [0.29, 0.717) is 5.76 Å². The molecule has 1 aromatic heterocycles. The highest BCUT2D eigenvalue weighted by Gasteiger charge is 2.31. The number of hydrogen-bond acceptors (Lipinski definition) is 5. The molecule has 21 heavy (non-hydrogen) atoms. The molecule has 6 nitrogen and oxygen atoms in total. The zero-order chi connectivity index (χ0) is 15.0. The Labute approximate surface area is 127 Å². The van der Waals surface area contributed by atoms with Gasteiger partial charge in [-0.05, 0) is 37.2 Å². The lowest BCUT2D eigenvalue weighted by Crippen LogP contribution is -2.52. The monoisotopic (exact) mass is 305 g/mol. The number of carbonyl (C=O) groups is 2. The number of thiocarbonyl (C=S) groups is 1.